The summed E-state index contributed by atoms with van der Waals surface area (Å²) in [5.74, 6) is 0.698. The Morgan fingerprint density at radius 2 is 2.04 bits per heavy atom. The third-order valence-corrected chi connectivity index (χ3v) is 4.61. The first-order valence-electron chi connectivity index (χ1n) is 7.23. The number of rotatable bonds is 5. The lowest BCUT2D eigenvalue weighted by Crippen LogP contribution is -2.23. The summed E-state index contributed by atoms with van der Waals surface area (Å²) in [6, 6.07) is 5.13. The molecule has 1 amide bonds. The molecule has 24 heavy (non-hydrogen) atoms. The molecule has 128 valence electrons. The minimum atomic E-state index is -0.410. The molecular weight excluding hydrogens is 348 g/mol. The predicted molar refractivity (Wildman–Crippen MR) is 97.9 cm³/mol. The average Bonchev–Trinajstić information content (AvgIpc) is 2.49. The standard InChI is InChI=1S/C16H19ClN4O2S/c1-8-5-12(13(23-4)7-11(8)17)20-15(22)10(3)24-16-19-9(2)6-14(18)21-16/h5-7,10H,1-4H3,(H,20,22)(H2,18,19,21)/t10-/m1/s1. The number of ether oxygens (including phenoxy) is 1. The molecule has 0 unspecified atom stereocenters. The van der Waals surface area contributed by atoms with Crippen molar-refractivity contribution in [3.05, 3.63) is 34.5 Å². The normalized spacial score (nSPS) is 11.9. The van der Waals surface area contributed by atoms with Gasteiger partial charge in [0.1, 0.15) is 11.6 Å². The monoisotopic (exact) mass is 366 g/mol. The maximum absolute atomic E-state index is 12.4. The van der Waals surface area contributed by atoms with Crippen LogP contribution in [-0.4, -0.2) is 28.2 Å². The zero-order valence-electron chi connectivity index (χ0n) is 13.9. The van der Waals surface area contributed by atoms with Gasteiger partial charge in [0.25, 0.3) is 0 Å². The highest BCUT2D eigenvalue weighted by Gasteiger charge is 2.18. The van der Waals surface area contributed by atoms with Crippen LogP contribution in [0.5, 0.6) is 5.75 Å². The Morgan fingerprint density at radius 3 is 2.67 bits per heavy atom. The molecule has 2 rings (SSSR count). The van der Waals surface area contributed by atoms with Crippen molar-refractivity contribution in [2.45, 2.75) is 31.2 Å². The van der Waals surface area contributed by atoms with Crippen LogP contribution in [0.15, 0.2) is 23.4 Å². The number of thioether (sulfide) groups is 1. The van der Waals surface area contributed by atoms with Crippen molar-refractivity contribution in [2.24, 2.45) is 0 Å². The van der Waals surface area contributed by atoms with Gasteiger partial charge in [-0.1, -0.05) is 23.4 Å². The zero-order valence-corrected chi connectivity index (χ0v) is 15.5. The molecule has 0 radical (unpaired) electrons. The van der Waals surface area contributed by atoms with E-state index in [2.05, 4.69) is 15.3 Å². The largest absolute Gasteiger partial charge is 0.495 e. The van der Waals surface area contributed by atoms with Crippen molar-refractivity contribution in [1.29, 1.82) is 0 Å². The number of benzene rings is 1. The Bertz CT molecular complexity index is 750. The van der Waals surface area contributed by atoms with Crippen molar-refractivity contribution < 1.29 is 9.53 Å². The molecule has 0 aliphatic heterocycles. The summed E-state index contributed by atoms with van der Waals surface area (Å²) in [5, 5.41) is 3.48. The molecule has 0 saturated carbocycles. The molecule has 0 aliphatic rings. The molecule has 0 aliphatic carbocycles. The van der Waals surface area contributed by atoms with E-state index in [9.17, 15) is 4.79 Å². The number of hydrogen-bond acceptors (Lipinski definition) is 6. The third-order valence-electron chi connectivity index (χ3n) is 3.24. The molecular formula is C16H19ClN4O2S. The van der Waals surface area contributed by atoms with Gasteiger partial charge in [0.2, 0.25) is 5.91 Å². The first kappa shape index (κ1) is 18.4. The van der Waals surface area contributed by atoms with Crippen LogP contribution in [0.3, 0.4) is 0 Å². The van der Waals surface area contributed by atoms with E-state index in [1.165, 1.54) is 18.9 Å². The van der Waals surface area contributed by atoms with E-state index in [0.717, 1.165) is 11.3 Å². The SMILES string of the molecule is COc1cc(Cl)c(C)cc1NC(=O)[C@@H](C)Sc1nc(C)cc(N)n1. The summed E-state index contributed by atoms with van der Waals surface area (Å²) >= 11 is 7.31. The lowest BCUT2D eigenvalue weighted by atomic mass is 10.2. The van der Waals surface area contributed by atoms with Gasteiger partial charge in [0.05, 0.1) is 18.0 Å². The van der Waals surface area contributed by atoms with Crippen LogP contribution in [-0.2, 0) is 4.79 Å². The number of carbonyl (C=O) groups excluding carboxylic acids is 1. The summed E-state index contributed by atoms with van der Waals surface area (Å²) in [5.41, 5.74) is 7.89. The van der Waals surface area contributed by atoms with Gasteiger partial charge in [-0.3, -0.25) is 4.79 Å². The topological polar surface area (TPSA) is 90.1 Å². The fraction of sp³-hybridized carbons (Fsp3) is 0.312. The van der Waals surface area contributed by atoms with Gasteiger partial charge in [0, 0.05) is 22.8 Å². The molecule has 8 heteroatoms. The van der Waals surface area contributed by atoms with E-state index in [-0.39, 0.29) is 5.91 Å². The van der Waals surface area contributed by atoms with Crippen LogP contribution >= 0.6 is 23.4 Å². The fourth-order valence-corrected chi connectivity index (χ4v) is 2.98. The smallest absolute Gasteiger partial charge is 0.237 e. The number of nitrogen functional groups attached to an aromatic ring is 1. The molecule has 0 spiro atoms. The quantitative estimate of drug-likeness (QED) is 0.622. The highest BCUT2D eigenvalue weighted by molar-refractivity contribution is 8.00. The minimum absolute atomic E-state index is 0.191. The van der Waals surface area contributed by atoms with E-state index < -0.39 is 5.25 Å². The van der Waals surface area contributed by atoms with Gasteiger partial charge in [0.15, 0.2) is 5.16 Å². The van der Waals surface area contributed by atoms with E-state index in [4.69, 9.17) is 22.1 Å². The van der Waals surface area contributed by atoms with Crippen LogP contribution in [0.4, 0.5) is 11.5 Å². The van der Waals surface area contributed by atoms with E-state index in [1.807, 2.05) is 13.8 Å². The highest BCUT2D eigenvalue weighted by Crippen LogP contribution is 2.31. The van der Waals surface area contributed by atoms with Gasteiger partial charge >= 0.3 is 0 Å². The zero-order chi connectivity index (χ0) is 17.9. The Balaban J connectivity index is 2.13. The molecule has 2 aromatic rings. The fourth-order valence-electron chi connectivity index (χ4n) is 1.99. The number of anilines is 2. The molecule has 0 fully saturated rings. The van der Waals surface area contributed by atoms with Crippen molar-refractivity contribution >= 4 is 40.8 Å². The summed E-state index contributed by atoms with van der Waals surface area (Å²) in [4.78, 5) is 20.8. The number of aromatic nitrogens is 2. The van der Waals surface area contributed by atoms with Crippen LogP contribution in [0, 0.1) is 13.8 Å². The second-order valence-corrected chi connectivity index (χ2v) is 6.98. The number of hydrogen-bond donors (Lipinski definition) is 2. The van der Waals surface area contributed by atoms with E-state index in [0.29, 0.717) is 27.4 Å². The van der Waals surface area contributed by atoms with E-state index in [1.54, 1.807) is 25.1 Å². The number of halogens is 1. The lowest BCUT2D eigenvalue weighted by Gasteiger charge is -2.15. The van der Waals surface area contributed by atoms with Crippen LogP contribution in [0.25, 0.3) is 0 Å². The minimum Gasteiger partial charge on any atom is -0.495 e. The van der Waals surface area contributed by atoms with E-state index >= 15 is 0 Å². The average molecular weight is 367 g/mol. The molecule has 1 heterocycles. The summed E-state index contributed by atoms with van der Waals surface area (Å²) in [6.07, 6.45) is 0. The summed E-state index contributed by atoms with van der Waals surface area (Å²) in [7, 11) is 1.53. The van der Waals surface area contributed by atoms with Gasteiger partial charge in [-0.15, -0.1) is 0 Å². The number of methoxy groups -OCH3 is 1. The number of carbonyl (C=O) groups is 1. The molecule has 3 N–H and O–H groups in total. The summed E-state index contributed by atoms with van der Waals surface area (Å²) < 4.78 is 5.26. The maximum atomic E-state index is 12.4. The van der Waals surface area contributed by atoms with Gasteiger partial charge in [-0.05, 0) is 32.4 Å². The first-order valence-corrected chi connectivity index (χ1v) is 8.48. The maximum Gasteiger partial charge on any atom is 0.237 e. The molecule has 0 bridgehead atoms. The second-order valence-electron chi connectivity index (χ2n) is 5.27. The first-order chi connectivity index (χ1) is 11.3. The van der Waals surface area contributed by atoms with Crippen LogP contribution in [0.2, 0.25) is 5.02 Å². The Kier molecular flexibility index (Phi) is 5.90. The Hall–Kier alpha value is -1.99. The number of nitrogens with zero attached hydrogens (tertiary/aromatic N) is 2. The second kappa shape index (κ2) is 7.72. The highest BCUT2D eigenvalue weighted by atomic mass is 35.5. The number of aryl methyl sites for hydroxylation is 2. The molecule has 1 aromatic carbocycles. The predicted octanol–water partition coefficient (Wildman–Crippen LogP) is 3.46. The molecule has 0 saturated heterocycles. The third kappa shape index (κ3) is 4.52. The lowest BCUT2D eigenvalue weighted by molar-refractivity contribution is -0.115. The van der Waals surface area contributed by atoms with Crippen LogP contribution in [0.1, 0.15) is 18.2 Å². The number of amides is 1. The number of nitrogens with two attached hydrogens (primary N) is 1. The number of nitrogens with one attached hydrogen (secondary N) is 1. The molecule has 6 nitrogen and oxygen atoms in total. The van der Waals surface area contributed by atoms with Crippen LogP contribution < -0.4 is 15.8 Å². The van der Waals surface area contributed by atoms with Gasteiger partial charge in [-0.2, -0.15) is 0 Å². The van der Waals surface area contributed by atoms with Gasteiger partial charge in [-0.25, -0.2) is 9.97 Å². The Labute approximate surface area is 150 Å². The molecule has 1 atom stereocenters. The molecule has 1 aromatic heterocycles. The van der Waals surface area contributed by atoms with Crippen molar-refractivity contribution in [3.63, 3.8) is 0 Å². The van der Waals surface area contributed by atoms with Gasteiger partial charge < -0.3 is 15.8 Å². The Morgan fingerprint density at radius 1 is 1.33 bits per heavy atom. The van der Waals surface area contributed by atoms with Crippen molar-refractivity contribution in [3.8, 4) is 5.75 Å². The van der Waals surface area contributed by atoms with Crippen molar-refractivity contribution in [1.82, 2.24) is 9.97 Å². The van der Waals surface area contributed by atoms with Crippen molar-refractivity contribution in [2.75, 3.05) is 18.2 Å². The summed E-state index contributed by atoms with van der Waals surface area (Å²) in [6.45, 7) is 5.46.